The molecule has 2 aromatic rings. The summed E-state index contributed by atoms with van der Waals surface area (Å²) in [5, 5.41) is 2.82. The van der Waals surface area contributed by atoms with Crippen LogP contribution in [0.25, 0.3) is 10.8 Å². The first kappa shape index (κ1) is 11.2. The maximum atomic E-state index is 6.11. The Morgan fingerprint density at radius 1 is 1.06 bits per heavy atom. The van der Waals surface area contributed by atoms with Crippen LogP contribution < -0.4 is 10.5 Å². The molecule has 84 valence electrons. The molecule has 0 amide bonds. The molecule has 0 radical (unpaired) electrons. The lowest BCUT2D eigenvalue weighted by atomic mass is 10.1. The van der Waals surface area contributed by atoms with Gasteiger partial charge in [-0.1, -0.05) is 35.9 Å². The van der Waals surface area contributed by atoms with E-state index in [4.69, 9.17) is 22.1 Å². The Kier molecular flexibility index (Phi) is 3.65. The van der Waals surface area contributed by atoms with Crippen molar-refractivity contribution < 1.29 is 4.74 Å². The summed E-state index contributed by atoms with van der Waals surface area (Å²) in [4.78, 5) is 0. The first-order valence-corrected chi connectivity index (χ1v) is 5.71. The fourth-order valence-electron chi connectivity index (χ4n) is 1.63. The largest absolute Gasteiger partial charge is 0.493 e. The summed E-state index contributed by atoms with van der Waals surface area (Å²) in [6.45, 7) is 1.29. The van der Waals surface area contributed by atoms with Crippen LogP contribution in [0.3, 0.4) is 0 Å². The Labute approximate surface area is 100.0 Å². The fraction of sp³-hybridized carbons (Fsp3) is 0.231. The summed E-state index contributed by atoms with van der Waals surface area (Å²) >= 11 is 6.11. The van der Waals surface area contributed by atoms with E-state index >= 15 is 0 Å². The molecule has 0 spiro atoms. The average molecular weight is 236 g/mol. The van der Waals surface area contributed by atoms with Crippen LogP contribution in [0, 0.1) is 0 Å². The molecule has 0 atom stereocenters. The van der Waals surface area contributed by atoms with Gasteiger partial charge in [0.2, 0.25) is 0 Å². The highest BCUT2D eigenvalue weighted by Crippen LogP contribution is 2.31. The molecule has 0 saturated carbocycles. The molecule has 2 rings (SSSR count). The van der Waals surface area contributed by atoms with Crippen LogP contribution in [0.5, 0.6) is 5.75 Å². The summed E-state index contributed by atoms with van der Waals surface area (Å²) in [7, 11) is 0. The van der Waals surface area contributed by atoms with E-state index in [1.54, 1.807) is 0 Å². The quantitative estimate of drug-likeness (QED) is 0.826. The van der Waals surface area contributed by atoms with Crippen molar-refractivity contribution in [2.45, 2.75) is 6.42 Å². The van der Waals surface area contributed by atoms with Gasteiger partial charge in [0, 0.05) is 15.8 Å². The third-order valence-electron chi connectivity index (χ3n) is 2.44. The highest BCUT2D eigenvalue weighted by molar-refractivity contribution is 6.35. The molecule has 2 aromatic carbocycles. The summed E-state index contributed by atoms with van der Waals surface area (Å²) in [5.41, 5.74) is 5.43. The van der Waals surface area contributed by atoms with Crippen molar-refractivity contribution in [3.63, 3.8) is 0 Å². The second kappa shape index (κ2) is 5.19. The molecule has 2 nitrogen and oxygen atoms in total. The number of benzene rings is 2. The highest BCUT2D eigenvalue weighted by atomic mass is 35.5. The van der Waals surface area contributed by atoms with Crippen LogP contribution in [0.1, 0.15) is 6.42 Å². The van der Waals surface area contributed by atoms with E-state index in [1.807, 2.05) is 36.4 Å². The summed E-state index contributed by atoms with van der Waals surface area (Å²) in [6.07, 6.45) is 0.858. The Morgan fingerprint density at radius 3 is 2.56 bits per heavy atom. The number of halogens is 1. The minimum atomic E-state index is 0.641. The lowest BCUT2D eigenvalue weighted by Crippen LogP contribution is -2.06. The van der Waals surface area contributed by atoms with Gasteiger partial charge in [0.05, 0.1) is 6.61 Å². The molecule has 0 aliphatic carbocycles. The van der Waals surface area contributed by atoms with Crippen LogP contribution in [-0.2, 0) is 0 Å². The minimum Gasteiger partial charge on any atom is -0.493 e. The molecule has 3 heteroatoms. The van der Waals surface area contributed by atoms with Gasteiger partial charge in [-0.15, -0.1) is 0 Å². The molecule has 2 N–H and O–H groups in total. The van der Waals surface area contributed by atoms with E-state index in [9.17, 15) is 0 Å². The topological polar surface area (TPSA) is 35.2 Å². The highest BCUT2D eigenvalue weighted by Gasteiger charge is 2.04. The molecule has 0 aliphatic rings. The van der Waals surface area contributed by atoms with Crippen molar-refractivity contribution in [1.82, 2.24) is 0 Å². The Balaban J connectivity index is 2.35. The average Bonchev–Trinajstić information content (AvgIpc) is 2.33. The fourth-order valence-corrected chi connectivity index (χ4v) is 1.85. The van der Waals surface area contributed by atoms with Crippen molar-refractivity contribution in [2.24, 2.45) is 5.73 Å². The third kappa shape index (κ3) is 2.29. The van der Waals surface area contributed by atoms with E-state index in [2.05, 4.69) is 0 Å². The zero-order valence-corrected chi connectivity index (χ0v) is 9.70. The van der Waals surface area contributed by atoms with E-state index in [0.717, 1.165) is 28.0 Å². The second-order valence-corrected chi connectivity index (χ2v) is 3.99. The van der Waals surface area contributed by atoms with Crippen molar-refractivity contribution >= 4 is 22.4 Å². The summed E-state index contributed by atoms with van der Waals surface area (Å²) < 4.78 is 5.68. The molecule has 0 aliphatic heterocycles. The van der Waals surface area contributed by atoms with Gasteiger partial charge in [0.25, 0.3) is 0 Å². The minimum absolute atomic E-state index is 0.641. The van der Waals surface area contributed by atoms with Gasteiger partial charge in [0.15, 0.2) is 0 Å². The summed E-state index contributed by atoms with van der Waals surface area (Å²) in [6, 6.07) is 11.7. The van der Waals surface area contributed by atoms with Gasteiger partial charge in [-0.25, -0.2) is 0 Å². The number of hydrogen-bond acceptors (Lipinski definition) is 2. The predicted molar refractivity (Wildman–Crippen MR) is 68.1 cm³/mol. The van der Waals surface area contributed by atoms with Gasteiger partial charge in [-0.3, -0.25) is 0 Å². The second-order valence-electron chi connectivity index (χ2n) is 3.58. The van der Waals surface area contributed by atoms with Crippen molar-refractivity contribution in [3.05, 3.63) is 41.4 Å². The number of ether oxygens (including phenoxy) is 1. The van der Waals surface area contributed by atoms with Gasteiger partial charge < -0.3 is 10.5 Å². The van der Waals surface area contributed by atoms with Crippen LogP contribution in [0.2, 0.25) is 5.02 Å². The van der Waals surface area contributed by atoms with Crippen LogP contribution >= 0.6 is 11.6 Å². The zero-order chi connectivity index (χ0) is 11.4. The van der Waals surface area contributed by atoms with Gasteiger partial charge in [-0.2, -0.15) is 0 Å². The lowest BCUT2D eigenvalue weighted by Gasteiger charge is -2.09. The zero-order valence-electron chi connectivity index (χ0n) is 8.95. The van der Waals surface area contributed by atoms with Crippen molar-refractivity contribution in [1.29, 1.82) is 0 Å². The molecule has 0 fully saturated rings. The van der Waals surface area contributed by atoms with Crippen LogP contribution in [0.15, 0.2) is 36.4 Å². The Morgan fingerprint density at radius 2 is 1.81 bits per heavy atom. The molecular weight excluding hydrogens is 222 g/mol. The first-order valence-electron chi connectivity index (χ1n) is 5.33. The Bertz CT molecular complexity index is 484. The first-order chi connectivity index (χ1) is 7.83. The van der Waals surface area contributed by atoms with E-state index in [-0.39, 0.29) is 0 Å². The third-order valence-corrected chi connectivity index (χ3v) is 2.77. The van der Waals surface area contributed by atoms with Crippen molar-refractivity contribution in [3.8, 4) is 5.75 Å². The van der Waals surface area contributed by atoms with Gasteiger partial charge in [-0.05, 0) is 25.1 Å². The van der Waals surface area contributed by atoms with Crippen LogP contribution in [0.4, 0.5) is 0 Å². The molecule has 0 bridgehead atoms. The number of nitrogens with two attached hydrogens (primary N) is 1. The van der Waals surface area contributed by atoms with Crippen LogP contribution in [-0.4, -0.2) is 13.2 Å². The lowest BCUT2D eigenvalue weighted by molar-refractivity contribution is 0.317. The molecule has 16 heavy (non-hydrogen) atoms. The standard InChI is InChI=1S/C13H14ClNO/c14-12-6-7-13(16-9-3-8-15)11-5-2-1-4-10(11)12/h1-2,4-7H,3,8-9,15H2. The van der Waals surface area contributed by atoms with Crippen molar-refractivity contribution in [2.75, 3.05) is 13.2 Å². The predicted octanol–water partition coefficient (Wildman–Crippen LogP) is 3.22. The number of hydrogen-bond donors (Lipinski definition) is 1. The van der Waals surface area contributed by atoms with Gasteiger partial charge >= 0.3 is 0 Å². The Hall–Kier alpha value is -1.25. The number of fused-ring (bicyclic) bond motifs is 1. The SMILES string of the molecule is NCCCOc1ccc(Cl)c2ccccc12. The normalized spacial score (nSPS) is 10.6. The smallest absolute Gasteiger partial charge is 0.127 e. The molecule has 0 unspecified atom stereocenters. The molecule has 0 saturated heterocycles. The maximum absolute atomic E-state index is 6.11. The van der Waals surface area contributed by atoms with E-state index in [1.165, 1.54) is 0 Å². The summed E-state index contributed by atoms with van der Waals surface area (Å²) in [5.74, 6) is 0.869. The van der Waals surface area contributed by atoms with E-state index < -0.39 is 0 Å². The van der Waals surface area contributed by atoms with E-state index in [0.29, 0.717) is 13.2 Å². The number of rotatable bonds is 4. The molecular formula is C13H14ClNO. The molecule has 0 heterocycles. The monoisotopic (exact) mass is 235 g/mol. The van der Waals surface area contributed by atoms with Gasteiger partial charge in [0.1, 0.15) is 5.75 Å². The maximum Gasteiger partial charge on any atom is 0.127 e. The molecule has 0 aromatic heterocycles.